The highest BCUT2D eigenvalue weighted by Crippen LogP contribution is 2.38. The highest BCUT2D eigenvalue weighted by Gasteiger charge is 2.27. The number of nitro groups is 1. The summed E-state index contributed by atoms with van der Waals surface area (Å²) >= 11 is 9.28. The van der Waals surface area contributed by atoms with Crippen LogP contribution < -0.4 is 5.32 Å². The Labute approximate surface area is 248 Å². The van der Waals surface area contributed by atoms with Gasteiger partial charge in [0.1, 0.15) is 9.88 Å². The van der Waals surface area contributed by atoms with E-state index in [4.69, 9.17) is 16.6 Å². The lowest BCUT2D eigenvalue weighted by molar-refractivity contribution is -0.384. The number of carbonyl (C=O) groups excluding carboxylic acids is 2. The van der Waals surface area contributed by atoms with Gasteiger partial charge in [0, 0.05) is 59.6 Å². The molecule has 6 rings (SSSR count). The van der Waals surface area contributed by atoms with Gasteiger partial charge in [0.05, 0.1) is 26.7 Å². The molecule has 3 aromatic carbocycles. The van der Waals surface area contributed by atoms with Gasteiger partial charge < -0.3 is 10.2 Å². The van der Waals surface area contributed by atoms with Crippen molar-refractivity contribution in [1.82, 2.24) is 14.8 Å². The monoisotopic (exact) mass is 605 g/mol. The molecule has 0 bridgehead atoms. The molecule has 0 unspecified atom stereocenters. The van der Waals surface area contributed by atoms with Crippen LogP contribution in [0, 0.1) is 17.0 Å². The van der Waals surface area contributed by atoms with E-state index < -0.39 is 4.92 Å². The van der Waals surface area contributed by atoms with Crippen LogP contribution in [0.15, 0.2) is 60.7 Å². The smallest absolute Gasteiger partial charge is 0.270 e. The quantitative estimate of drug-likeness (QED) is 0.176. The van der Waals surface area contributed by atoms with Crippen molar-refractivity contribution < 1.29 is 14.5 Å². The summed E-state index contributed by atoms with van der Waals surface area (Å²) in [7, 11) is 0. The minimum atomic E-state index is -0.468. The zero-order chi connectivity index (χ0) is 28.7. The molecule has 1 fully saturated rings. The topological polar surface area (TPSA) is 109 Å². The van der Waals surface area contributed by atoms with Gasteiger partial charge in [-0.3, -0.25) is 24.6 Å². The number of aryl methyl sites for hydroxylation is 1. The third kappa shape index (κ3) is 5.66. The van der Waals surface area contributed by atoms with Gasteiger partial charge in [-0.25, -0.2) is 4.98 Å². The first-order valence-electron chi connectivity index (χ1n) is 12.9. The number of fused-ring (bicyclic) bond motifs is 2. The maximum absolute atomic E-state index is 13.2. The Balaban J connectivity index is 1.03. The Kier molecular flexibility index (Phi) is 7.43. The lowest BCUT2D eigenvalue weighted by Crippen LogP contribution is -2.50. The fourth-order valence-electron chi connectivity index (χ4n) is 4.81. The Hall–Kier alpha value is -3.90. The van der Waals surface area contributed by atoms with Gasteiger partial charge in [0.15, 0.2) is 0 Å². The highest BCUT2D eigenvalue weighted by molar-refractivity contribution is 7.22. The molecule has 0 atom stereocenters. The molecule has 0 spiro atoms. The summed E-state index contributed by atoms with van der Waals surface area (Å²) in [5.74, 6) is -0.326. The van der Waals surface area contributed by atoms with Crippen molar-refractivity contribution in [2.24, 2.45) is 0 Å². The van der Waals surface area contributed by atoms with E-state index in [0.29, 0.717) is 51.9 Å². The van der Waals surface area contributed by atoms with Crippen molar-refractivity contribution in [2.75, 3.05) is 38.0 Å². The second-order valence-electron chi connectivity index (χ2n) is 9.87. The number of thiophene rings is 1. The van der Waals surface area contributed by atoms with Gasteiger partial charge in [-0.15, -0.1) is 22.7 Å². The molecule has 12 heteroatoms. The van der Waals surface area contributed by atoms with E-state index in [1.165, 1.54) is 17.7 Å². The molecule has 0 aliphatic carbocycles. The minimum absolute atomic E-state index is 0.0412. The van der Waals surface area contributed by atoms with Crippen LogP contribution in [0.25, 0.3) is 30.9 Å². The van der Waals surface area contributed by atoms with E-state index in [2.05, 4.69) is 24.4 Å². The molecule has 2 amide bonds. The number of nitrogens with one attached hydrogen (secondary N) is 1. The van der Waals surface area contributed by atoms with Crippen LogP contribution in [0.5, 0.6) is 0 Å². The average Bonchev–Trinajstić information content (AvgIpc) is 3.53. The van der Waals surface area contributed by atoms with Crippen LogP contribution in [0.3, 0.4) is 0 Å². The number of carbonyl (C=O) groups is 2. The molecular weight excluding hydrogens is 582 g/mol. The number of benzene rings is 3. The Bertz CT molecular complexity index is 1810. The number of aromatic nitrogens is 1. The van der Waals surface area contributed by atoms with Gasteiger partial charge in [-0.1, -0.05) is 17.7 Å². The second-order valence-corrected chi connectivity index (χ2v) is 12.3. The highest BCUT2D eigenvalue weighted by atomic mass is 35.5. The number of hydrogen-bond acceptors (Lipinski definition) is 8. The molecular formula is C29H24ClN5O4S2. The molecule has 2 aromatic heterocycles. The number of nitro benzene ring substituents is 1. The first-order valence-corrected chi connectivity index (χ1v) is 14.9. The molecule has 0 radical (unpaired) electrons. The van der Waals surface area contributed by atoms with Crippen molar-refractivity contribution in [3.05, 3.63) is 86.2 Å². The number of piperazine rings is 1. The zero-order valence-electron chi connectivity index (χ0n) is 21.9. The maximum Gasteiger partial charge on any atom is 0.270 e. The molecule has 41 heavy (non-hydrogen) atoms. The number of anilines is 1. The SMILES string of the molecule is Cc1ccc2nc(-c3ccc(NC(=O)CN4CCN(C(=O)c5sc6cc([N+](=O)[O-])ccc6c5Cl)CC4)cc3)sc2c1. The standard InChI is InChI=1S/C29H24ClN5O4S2/c1-17-2-9-22-24(14-17)41-28(32-22)18-3-5-19(6-4-18)31-25(36)16-33-10-12-34(13-11-33)29(37)27-26(30)21-8-7-20(35(38)39)15-23(21)40-27/h2-9,14-15H,10-13,16H2,1H3,(H,31,36). The van der Waals surface area contributed by atoms with E-state index in [-0.39, 0.29) is 24.0 Å². The van der Waals surface area contributed by atoms with Crippen LogP contribution in [0.4, 0.5) is 11.4 Å². The predicted octanol–water partition coefficient (Wildman–Crippen LogP) is 6.44. The summed E-state index contributed by atoms with van der Waals surface area (Å²) in [5, 5.41) is 15.9. The summed E-state index contributed by atoms with van der Waals surface area (Å²) in [4.78, 5) is 45.4. The average molecular weight is 606 g/mol. The normalized spacial score (nSPS) is 14.0. The molecule has 208 valence electrons. The first kappa shape index (κ1) is 27.3. The van der Waals surface area contributed by atoms with Crippen LogP contribution in [0.2, 0.25) is 5.02 Å². The van der Waals surface area contributed by atoms with Crippen LogP contribution in [0.1, 0.15) is 15.2 Å². The van der Waals surface area contributed by atoms with Gasteiger partial charge in [-0.2, -0.15) is 0 Å². The maximum atomic E-state index is 13.2. The largest absolute Gasteiger partial charge is 0.335 e. The van der Waals surface area contributed by atoms with Crippen LogP contribution in [-0.2, 0) is 4.79 Å². The van der Waals surface area contributed by atoms with E-state index in [1.54, 1.807) is 22.3 Å². The fraction of sp³-hybridized carbons (Fsp3) is 0.207. The zero-order valence-corrected chi connectivity index (χ0v) is 24.3. The van der Waals surface area contributed by atoms with E-state index in [9.17, 15) is 19.7 Å². The Morgan fingerprint density at radius 1 is 1.00 bits per heavy atom. The number of nitrogens with zero attached hydrogens (tertiary/aromatic N) is 4. The first-order chi connectivity index (χ1) is 19.7. The summed E-state index contributed by atoms with van der Waals surface area (Å²) in [5.41, 5.74) is 3.85. The fourth-order valence-corrected chi connectivity index (χ4v) is 7.40. The van der Waals surface area contributed by atoms with Crippen molar-refractivity contribution >= 4 is 77.8 Å². The van der Waals surface area contributed by atoms with E-state index in [1.807, 2.05) is 35.2 Å². The van der Waals surface area contributed by atoms with Gasteiger partial charge in [-0.05, 0) is 55.0 Å². The molecule has 1 saturated heterocycles. The lowest BCUT2D eigenvalue weighted by Gasteiger charge is -2.34. The lowest BCUT2D eigenvalue weighted by atomic mass is 10.2. The second kappa shape index (κ2) is 11.2. The van der Waals surface area contributed by atoms with E-state index in [0.717, 1.165) is 32.1 Å². The molecule has 1 aliphatic heterocycles. The summed E-state index contributed by atoms with van der Waals surface area (Å²) in [6, 6.07) is 18.3. The van der Waals surface area contributed by atoms with Crippen LogP contribution in [-0.4, -0.2) is 64.2 Å². The van der Waals surface area contributed by atoms with Gasteiger partial charge >= 0.3 is 0 Å². The van der Waals surface area contributed by atoms with Gasteiger partial charge in [0.25, 0.3) is 11.6 Å². The molecule has 1 N–H and O–H groups in total. The Morgan fingerprint density at radius 2 is 1.76 bits per heavy atom. The van der Waals surface area contributed by atoms with Crippen molar-refractivity contribution in [3.63, 3.8) is 0 Å². The number of non-ortho nitro benzene ring substituents is 1. The third-order valence-electron chi connectivity index (χ3n) is 7.00. The third-order valence-corrected chi connectivity index (χ3v) is 9.72. The van der Waals surface area contributed by atoms with Crippen molar-refractivity contribution in [3.8, 4) is 10.6 Å². The molecule has 3 heterocycles. The molecule has 0 saturated carbocycles. The number of amides is 2. The Morgan fingerprint density at radius 3 is 2.49 bits per heavy atom. The number of hydrogen-bond donors (Lipinski definition) is 1. The predicted molar refractivity (Wildman–Crippen MR) is 164 cm³/mol. The number of thiazole rings is 1. The van der Waals surface area contributed by atoms with E-state index >= 15 is 0 Å². The van der Waals surface area contributed by atoms with Crippen LogP contribution >= 0.6 is 34.3 Å². The van der Waals surface area contributed by atoms with Crippen molar-refractivity contribution in [1.29, 1.82) is 0 Å². The van der Waals surface area contributed by atoms with Crippen molar-refractivity contribution in [2.45, 2.75) is 6.92 Å². The van der Waals surface area contributed by atoms with Gasteiger partial charge in [0.2, 0.25) is 5.91 Å². The summed E-state index contributed by atoms with van der Waals surface area (Å²) in [6.07, 6.45) is 0. The molecule has 9 nitrogen and oxygen atoms in total. The molecule has 1 aliphatic rings. The number of rotatable bonds is 6. The number of halogens is 1. The molecule has 5 aromatic rings. The summed E-state index contributed by atoms with van der Waals surface area (Å²) < 4.78 is 1.75. The summed E-state index contributed by atoms with van der Waals surface area (Å²) in [6.45, 7) is 4.28. The minimum Gasteiger partial charge on any atom is -0.335 e.